The quantitative estimate of drug-likeness (QED) is 0.753. The lowest BCUT2D eigenvalue weighted by atomic mass is 9.81. The third kappa shape index (κ3) is 5.26. The lowest BCUT2D eigenvalue weighted by Crippen LogP contribution is -2.48. The number of aryl methyl sites for hydroxylation is 1. The van der Waals surface area contributed by atoms with Crippen molar-refractivity contribution in [3.63, 3.8) is 0 Å². The van der Waals surface area contributed by atoms with Gasteiger partial charge in [0.25, 0.3) is 5.91 Å². The van der Waals surface area contributed by atoms with Crippen molar-refractivity contribution in [1.29, 1.82) is 0 Å². The molecule has 0 radical (unpaired) electrons. The highest BCUT2D eigenvalue weighted by molar-refractivity contribution is 5.94. The first-order chi connectivity index (χ1) is 14.2. The summed E-state index contributed by atoms with van der Waals surface area (Å²) in [6, 6.07) is 7.60. The van der Waals surface area contributed by atoms with Gasteiger partial charge in [0, 0.05) is 25.5 Å². The Hall–Kier alpha value is -2.70. The Morgan fingerprint density at radius 1 is 1.10 bits per heavy atom. The Morgan fingerprint density at radius 2 is 1.77 bits per heavy atom. The number of benzene rings is 1. The fourth-order valence-corrected chi connectivity index (χ4v) is 3.90. The second kappa shape index (κ2) is 8.98. The zero-order chi connectivity index (χ0) is 21.8. The van der Waals surface area contributed by atoms with Gasteiger partial charge in [-0.1, -0.05) is 57.3 Å². The number of aromatic nitrogens is 2. The van der Waals surface area contributed by atoms with Crippen LogP contribution in [0, 0.1) is 6.92 Å². The van der Waals surface area contributed by atoms with Crippen molar-refractivity contribution in [3.8, 4) is 0 Å². The van der Waals surface area contributed by atoms with Crippen LogP contribution in [0.1, 0.15) is 86.9 Å². The Bertz CT molecular complexity index is 875. The van der Waals surface area contributed by atoms with Gasteiger partial charge in [-0.2, -0.15) is 4.98 Å². The van der Waals surface area contributed by atoms with E-state index >= 15 is 0 Å². The molecule has 162 valence electrons. The van der Waals surface area contributed by atoms with E-state index in [1.165, 1.54) is 5.56 Å². The molecular formula is C23H32N4O3. The second-order valence-corrected chi connectivity index (χ2v) is 9.16. The number of amides is 2. The van der Waals surface area contributed by atoms with Gasteiger partial charge in [-0.05, 0) is 36.0 Å². The predicted octanol–water partition coefficient (Wildman–Crippen LogP) is 3.77. The highest BCUT2D eigenvalue weighted by Gasteiger charge is 2.39. The minimum absolute atomic E-state index is 0.0411. The van der Waals surface area contributed by atoms with Crippen molar-refractivity contribution in [1.82, 2.24) is 20.8 Å². The minimum Gasteiger partial charge on any atom is -0.352 e. The minimum atomic E-state index is -0.570. The molecule has 2 aromatic rings. The van der Waals surface area contributed by atoms with Gasteiger partial charge in [-0.3, -0.25) is 9.59 Å². The number of nitrogens with zero attached hydrogens (tertiary/aromatic N) is 2. The molecule has 2 N–H and O–H groups in total. The molecule has 0 atom stereocenters. The molecule has 2 amide bonds. The van der Waals surface area contributed by atoms with E-state index in [4.69, 9.17) is 4.52 Å². The van der Waals surface area contributed by atoms with Crippen molar-refractivity contribution in [2.45, 2.75) is 77.2 Å². The molecule has 0 bridgehead atoms. The normalized spacial score (nSPS) is 16.1. The summed E-state index contributed by atoms with van der Waals surface area (Å²) >= 11 is 0. The average Bonchev–Trinajstić information content (AvgIpc) is 3.15. The molecule has 1 aromatic heterocycles. The Morgan fingerprint density at radius 3 is 2.33 bits per heavy atom. The highest BCUT2D eigenvalue weighted by atomic mass is 16.5. The zero-order valence-electron chi connectivity index (χ0n) is 18.4. The predicted molar refractivity (Wildman–Crippen MR) is 114 cm³/mol. The maximum Gasteiger partial charge on any atom is 0.251 e. The smallest absolute Gasteiger partial charge is 0.251 e. The summed E-state index contributed by atoms with van der Waals surface area (Å²) in [6.07, 6.45) is 4.95. The molecule has 3 rings (SSSR count). The molecule has 0 saturated heterocycles. The maximum absolute atomic E-state index is 12.6. The number of rotatable bonds is 6. The van der Waals surface area contributed by atoms with Gasteiger partial charge < -0.3 is 15.2 Å². The Kier molecular flexibility index (Phi) is 6.58. The molecule has 30 heavy (non-hydrogen) atoms. The first-order valence-corrected chi connectivity index (χ1v) is 10.7. The zero-order valence-corrected chi connectivity index (χ0v) is 18.4. The van der Waals surface area contributed by atoms with Crippen molar-refractivity contribution in [2.24, 2.45) is 0 Å². The van der Waals surface area contributed by atoms with Crippen molar-refractivity contribution in [3.05, 3.63) is 47.1 Å². The van der Waals surface area contributed by atoms with E-state index in [-0.39, 0.29) is 30.2 Å². The summed E-state index contributed by atoms with van der Waals surface area (Å²) in [5.74, 6) is 0.747. The van der Waals surface area contributed by atoms with Gasteiger partial charge in [-0.15, -0.1) is 0 Å². The van der Waals surface area contributed by atoms with E-state index in [2.05, 4.69) is 41.5 Å². The molecule has 1 heterocycles. The molecule has 0 aliphatic heterocycles. The lowest BCUT2D eigenvalue weighted by Gasteiger charge is -2.35. The first kappa shape index (κ1) is 22.0. The van der Waals surface area contributed by atoms with Crippen LogP contribution in [0.2, 0.25) is 0 Å². The molecular weight excluding hydrogens is 380 g/mol. The Labute approximate surface area is 178 Å². The van der Waals surface area contributed by atoms with Crippen LogP contribution in [0.25, 0.3) is 0 Å². The summed E-state index contributed by atoms with van der Waals surface area (Å²) in [7, 11) is 0. The number of nitrogens with one attached hydrogen (secondary N) is 2. The summed E-state index contributed by atoms with van der Waals surface area (Å²) in [4.78, 5) is 29.4. The molecule has 0 spiro atoms. The summed E-state index contributed by atoms with van der Waals surface area (Å²) in [5.41, 5.74) is 1.24. The fourth-order valence-electron chi connectivity index (χ4n) is 3.90. The second-order valence-electron chi connectivity index (χ2n) is 9.16. The fraction of sp³-hybridized carbons (Fsp3) is 0.565. The van der Waals surface area contributed by atoms with Gasteiger partial charge in [0.15, 0.2) is 5.82 Å². The van der Waals surface area contributed by atoms with Gasteiger partial charge >= 0.3 is 0 Å². The van der Waals surface area contributed by atoms with Crippen molar-refractivity contribution >= 4 is 11.8 Å². The molecule has 1 aliphatic rings. The molecule has 1 fully saturated rings. The maximum atomic E-state index is 12.6. The molecule has 7 heteroatoms. The lowest BCUT2D eigenvalue weighted by molar-refractivity contribution is -0.123. The average molecular weight is 413 g/mol. The van der Waals surface area contributed by atoms with Crippen LogP contribution in [0.4, 0.5) is 0 Å². The summed E-state index contributed by atoms with van der Waals surface area (Å²) in [6.45, 7) is 8.42. The van der Waals surface area contributed by atoms with Crippen LogP contribution in [-0.2, 0) is 15.7 Å². The van der Waals surface area contributed by atoms with Gasteiger partial charge in [0.1, 0.15) is 5.54 Å². The van der Waals surface area contributed by atoms with Crippen LogP contribution in [0.15, 0.2) is 28.8 Å². The van der Waals surface area contributed by atoms with E-state index < -0.39 is 5.54 Å². The molecule has 1 saturated carbocycles. The Balaban J connectivity index is 1.54. The SMILES string of the molecule is Cc1nc(C2(NC(=O)CCNC(=O)c3ccc(C(C)(C)C)cc3)CCCCC2)no1. The number of hydrogen-bond donors (Lipinski definition) is 2. The van der Waals surface area contributed by atoms with Gasteiger partial charge in [-0.25, -0.2) is 0 Å². The molecule has 0 unspecified atom stereocenters. The number of carbonyl (C=O) groups excluding carboxylic acids is 2. The van der Waals surface area contributed by atoms with Crippen molar-refractivity contribution < 1.29 is 14.1 Å². The number of hydrogen-bond acceptors (Lipinski definition) is 5. The third-order valence-electron chi connectivity index (χ3n) is 5.69. The highest BCUT2D eigenvalue weighted by Crippen LogP contribution is 2.35. The summed E-state index contributed by atoms with van der Waals surface area (Å²) in [5, 5.41) is 10.0. The summed E-state index contributed by atoms with van der Waals surface area (Å²) < 4.78 is 5.15. The van der Waals surface area contributed by atoms with Crippen LogP contribution in [-0.4, -0.2) is 28.5 Å². The van der Waals surface area contributed by atoms with Crippen LogP contribution < -0.4 is 10.6 Å². The molecule has 7 nitrogen and oxygen atoms in total. The standard InChI is InChI=1S/C23H32N4O3/c1-16-25-21(27-30-16)23(13-6-5-7-14-23)26-19(28)12-15-24-20(29)17-8-10-18(11-9-17)22(2,3)4/h8-11H,5-7,12-15H2,1-4H3,(H,24,29)(H,26,28). The third-order valence-corrected chi connectivity index (χ3v) is 5.69. The first-order valence-electron chi connectivity index (χ1n) is 10.7. The van der Waals surface area contributed by atoms with Crippen LogP contribution in [0.3, 0.4) is 0 Å². The largest absolute Gasteiger partial charge is 0.352 e. The van der Waals surface area contributed by atoms with E-state index in [0.717, 1.165) is 32.1 Å². The molecule has 1 aliphatic carbocycles. The van der Waals surface area contributed by atoms with Crippen LogP contribution >= 0.6 is 0 Å². The van der Waals surface area contributed by atoms with E-state index in [9.17, 15) is 9.59 Å². The van der Waals surface area contributed by atoms with Crippen LogP contribution in [0.5, 0.6) is 0 Å². The van der Waals surface area contributed by atoms with E-state index in [1.807, 2.05) is 24.3 Å². The van der Waals surface area contributed by atoms with Crippen molar-refractivity contribution in [2.75, 3.05) is 6.54 Å². The van der Waals surface area contributed by atoms with E-state index in [1.54, 1.807) is 6.92 Å². The topological polar surface area (TPSA) is 97.1 Å². The number of carbonyl (C=O) groups is 2. The molecule has 1 aromatic carbocycles. The van der Waals surface area contributed by atoms with E-state index in [0.29, 0.717) is 17.3 Å². The van der Waals surface area contributed by atoms with Gasteiger partial charge in [0.05, 0.1) is 0 Å². The monoisotopic (exact) mass is 412 g/mol. The van der Waals surface area contributed by atoms with Gasteiger partial charge in [0.2, 0.25) is 11.8 Å².